The Hall–Kier alpha value is -1.65. The molecule has 1 unspecified atom stereocenters. The lowest BCUT2D eigenvalue weighted by Crippen LogP contribution is -2.31. The van der Waals surface area contributed by atoms with Gasteiger partial charge >= 0.3 is 5.97 Å². The molecular weight excluding hydrogens is 206 g/mol. The number of carbonyl (C=O) groups is 1. The predicted octanol–water partition coefficient (Wildman–Crippen LogP) is 1.53. The molecule has 2 atom stereocenters. The number of hydrogen-bond donors (Lipinski definition) is 2. The molecule has 0 saturated heterocycles. The van der Waals surface area contributed by atoms with Crippen LogP contribution in [-0.2, 0) is 4.79 Å². The van der Waals surface area contributed by atoms with Crippen LogP contribution in [0.15, 0.2) is 18.5 Å². The molecule has 86 valence electrons. The summed E-state index contributed by atoms with van der Waals surface area (Å²) in [4.78, 5) is 19.0. The minimum atomic E-state index is -0.694. The van der Waals surface area contributed by atoms with Crippen LogP contribution in [-0.4, -0.2) is 27.1 Å². The van der Waals surface area contributed by atoms with Crippen molar-refractivity contribution in [2.75, 3.05) is 5.32 Å². The Morgan fingerprint density at radius 3 is 2.81 bits per heavy atom. The van der Waals surface area contributed by atoms with E-state index in [1.54, 1.807) is 18.5 Å². The molecule has 0 aromatic carbocycles. The van der Waals surface area contributed by atoms with Gasteiger partial charge in [0, 0.05) is 18.4 Å². The van der Waals surface area contributed by atoms with Crippen molar-refractivity contribution in [2.45, 2.75) is 31.7 Å². The van der Waals surface area contributed by atoms with Crippen LogP contribution in [0.4, 0.5) is 5.95 Å². The number of aromatic nitrogens is 2. The van der Waals surface area contributed by atoms with Gasteiger partial charge in [0.05, 0.1) is 5.92 Å². The van der Waals surface area contributed by atoms with Gasteiger partial charge < -0.3 is 10.4 Å². The number of nitrogens with one attached hydrogen (secondary N) is 1. The first-order valence-electron chi connectivity index (χ1n) is 5.52. The molecule has 0 aliphatic heterocycles. The zero-order valence-electron chi connectivity index (χ0n) is 8.97. The van der Waals surface area contributed by atoms with Crippen molar-refractivity contribution in [3.8, 4) is 0 Å². The zero-order chi connectivity index (χ0) is 11.4. The minimum absolute atomic E-state index is 0.178. The normalized spacial score (nSPS) is 25.0. The fraction of sp³-hybridized carbons (Fsp3) is 0.545. The van der Waals surface area contributed by atoms with E-state index in [-0.39, 0.29) is 12.0 Å². The van der Waals surface area contributed by atoms with E-state index in [2.05, 4.69) is 15.3 Å². The Bertz CT molecular complexity index is 356. The summed E-state index contributed by atoms with van der Waals surface area (Å²) in [6.07, 6.45) is 6.72. The quantitative estimate of drug-likeness (QED) is 0.809. The fourth-order valence-electron chi connectivity index (χ4n) is 2.10. The van der Waals surface area contributed by atoms with E-state index in [1.165, 1.54) is 0 Å². The van der Waals surface area contributed by atoms with Crippen LogP contribution in [0, 0.1) is 5.92 Å². The van der Waals surface area contributed by atoms with E-state index in [1.807, 2.05) is 0 Å². The number of rotatable bonds is 3. The number of anilines is 1. The van der Waals surface area contributed by atoms with Crippen LogP contribution in [0.25, 0.3) is 0 Å². The van der Waals surface area contributed by atoms with Gasteiger partial charge in [-0.3, -0.25) is 4.79 Å². The van der Waals surface area contributed by atoms with Crippen molar-refractivity contribution in [1.82, 2.24) is 9.97 Å². The average Bonchev–Trinajstić information content (AvgIpc) is 2.30. The Kier molecular flexibility index (Phi) is 3.34. The van der Waals surface area contributed by atoms with E-state index in [9.17, 15) is 4.79 Å². The van der Waals surface area contributed by atoms with Gasteiger partial charge in [-0.05, 0) is 25.3 Å². The highest BCUT2D eigenvalue weighted by molar-refractivity contribution is 5.70. The number of hydrogen-bond acceptors (Lipinski definition) is 4. The van der Waals surface area contributed by atoms with Crippen molar-refractivity contribution >= 4 is 11.9 Å². The summed E-state index contributed by atoms with van der Waals surface area (Å²) in [5, 5.41) is 12.1. The summed E-state index contributed by atoms with van der Waals surface area (Å²) in [7, 11) is 0. The molecular formula is C11H15N3O2. The molecule has 0 amide bonds. The van der Waals surface area contributed by atoms with Crippen LogP contribution in [0.5, 0.6) is 0 Å². The molecule has 1 saturated carbocycles. The van der Waals surface area contributed by atoms with Gasteiger partial charge in [0.1, 0.15) is 0 Å². The maximum Gasteiger partial charge on any atom is 0.306 e. The van der Waals surface area contributed by atoms with Gasteiger partial charge in [0.15, 0.2) is 0 Å². The molecule has 5 nitrogen and oxygen atoms in total. The van der Waals surface area contributed by atoms with Crippen LogP contribution in [0.3, 0.4) is 0 Å². The first-order chi connectivity index (χ1) is 7.75. The third-order valence-corrected chi connectivity index (χ3v) is 2.92. The molecule has 2 N–H and O–H groups in total. The van der Waals surface area contributed by atoms with Gasteiger partial charge in [-0.15, -0.1) is 0 Å². The second kappa shape index (κ2) is 4.92. The highest BCUT2D eigenvalue weighted by Crippen LogP contribution is 2.25. The SMILES string of the molecule is O=C(O)[C@@H]1CCCC(Nc2ncccn2)C1. The first-order valence-corrected chi connectivity index (χ1v) is 5.52. The molecule has 5 heteroatoms. The van der Waals surface area contributed by atoms with E-state index >= 15 is 0 Å². The lowest BCUT2D eigenvalue weighted by atomic mass is 9.86. The molecule has 2 rings (SSSR count). The largest absolute Gasteiger partial charge is 0.481 e. The molecule has 1 heterocycles. The predicted molar refractivity (Wildman–Crippen MR) is 59.0 cm³/mol. The minimum Gasteiger partial charge on any atom is -0.481 e. The number of nitrogens with zero attached hydrogens (tertiary/aromatic N) is 2. The molecule has 0 radical (unpaired) electrons. The molecule has 1 aromatic rings. The highest BCUT2D eigenvalue weighted by atomic mass is 16.4. The Labute approximate surface area is 93.9 Å². The Morgan fingerprint density at radius 1 is 1.38 bits per heavy atom. The van der Waals surface area contributed by atoms with Crippen LogP contribution >= 0.6 is 0 Å². The van der Waals surface area contributed by atoms with Crippen LogP contribution in [0.2, 0.25) is 0 Å². The topological polar surface area (TPSA) is 75.1 Å². The molecule has 0 spiro atoms. The van der Waals surface area contributed by atoms with E-state index in [4.69, 9.17) is 5.11 Å². The smallest absolute Gasteiger partial charge is 0.306 e. The second-order valence-corrected chi connectivity index (χ2v) is 4.12. The van der Waals surface area contributed by atoms with Gasteiger partial charge in [-0.25, -0.2) is 9.97 Å². The third-order valence-electron chi connectivity index (χ3n) is 2.92. The summed E-state index contributed by atoms with van der Waals surface area (Å²) in [5.74, 6) is -0.339. The standard InChI is InChI=1S/C11H15N3O2/c15-10(16)8-3-1-4-9(7-8)14-11-12-5-2-6-13-11/h2,5-6,8-9H,1,3-4,7H2,(H,15,16)(H,12,13,14)/t8-,9?/m1/s1. The summed E-state index contributed by atoms with van der Waals surface area (Å²) >= 11 is 0. The number of carboxylic acid groups (broad SMARTS) is 1. The molecule has 1 aliphatic rings. The van der Waals surface area contributed by atoms with Crippen molar-refractivity contribution in [1.29, 1.82) is 0 Å². The average molecular weight is 221 g/mol. The number of carboxylic acids is 1. The molecule has 0 bridgehead atoms. The lowest BCUT2D eigenvalue weighted by Gasteiger charge is -2.27. The highest BCUT2D eigenvalue weighted by Gasteiger charge is 2.27. The van der Waals surface area contributed by atoms with E-state index < -0.39 is 5.97 Å². The van der Waals surface area contributed by atoms with Crippen LogP contribution < -0.4 is 5.32 Å². The third kappa shape index (κ3) is 2.68. The van der Waals surface area contributed by atoms with Crippen LogP contribution in [0.1, 0.15) is 25.7 Å². The molecule has 16 heavy (non-hydrogen) atoms. The Morgan fingerprint density at radius 2 is 2.12 bits per heavy atom. The van der Waals surface area contributed by atoms with Gasteiger partial charge in [0.25, 0.3) is 0 Å². The van der Waals surface area contributed by atoms with E-state index in [0.717, 1.165) is 19.3 Å². The fourth-order valence-corrected chi connectivity index (χ4v) is 2.10. The van der Waals surface area contributed by atoms with Gasteiger partial charge in [-0.2, -0.15) is 0 Å². The molecule has 1 fully saturated rings. The maximum absolute atomic E-state index is 10.9. The summed E-state index contributed by atoms with van der Waals surface area (Å²) in [6, 6.07) is 1.93. The first kappa shape index (κ1) is 10.9. The maximum atomic E-state index is 10.9. The molecule has 1 aromatic heterocycles. The lowest BCUT2D eigenvalue weighted by molar-refractivity contribution is -0.142. The Balaban J connectivity index is 1.93. The zero-order valence-corrected chi connectivity index (χ0v) is 8.97. The summed E-state index contributed by atoms with van der Waals surface area (Å²) in [6.45, 7) is 0. The second-order valence-electron chi connectivity index (χ2n) is 4.12. The van der Waals surface area contributed by atoms with Crippen molar-refractivity contribution < 1.29 is 9.90 Å². The summed E-state index contributed by atoms with van der Waals surface area (Å²) < 4.78 is 0. The van der Waals surface area contributed by atoms with Gasteiger partial charge in [0.2, 0.25) is 5.95 Å². The van der Waals surface area contributed by atoms with E-state index in [0.29, 0.717) is 12.4 Å². The molecule has 1 aliphatic carbocycles. The van der Waals surface area contributed by atoms with Gasteiger partial charge in [-0.1, -0.05) is 6.42 Å². The number of aliphatic carboxylic acids is 1. The summed E-state index contributed by atoms with van der Waals surface area (Å²) in [5.41, 5.74) is 0. The van der Waals surface area contributed by atoms with Crippen molar-refractivity contribution in [2.24, 2.45) is 5.92 Å². The monoisotopic (exact) mass is 221 g/mol. The van der Waals surface area contributed by atoms with Crippen molar-refractivity contribution in [3.63, 3.8) is 0 Å². The van der Waals surface area contributed by atoms with Crippen molar-refractivity contribution in [3.05, 3.63) is 18.5 Å².